The van der Waals surface area contributed by atoms with Crippen LogP contribution in [0.15, 0.2) is 60.7 Å². The fourth-order valence-corrected chi connectivity index (χ4v) is 2.80. The summed E-state index contributed by atoms with van der Waals surface area (Å²) in [6.45, 7) is 6.50. The van der Waals surface area contributed by atoms with E-state index in [1.165, 1.54) is 6.08 Å². The van der Waals surface area contributed by atoms with E-state index in [0.29, 0.717) is 36.6 Å². The van der Waals surface area contributed by atoms with Gasteiger partial charge in [0.15, 0.2) is 11.5 Å². The van der Waals surface area contributed by atoms with Crippen LogP contribution in [0.3, 0.4) is 0 Å². The van der Waals surface area contributed by atoms with Gasteiger partial charge < -0.3 is 14.8 Å². The molecule has 2 aromatic rings. The number of ether oxygens (including phenoxy) is 2. The van der Waals surface area contributed by atoms with Crippen molar-refractivity contribution in [3.63, 3.8) is 0 Å². The Morgan fingerprint density at radius 1 is 1.27 bits per heavy atom. The standard InChI is InChI=1S/C25H24N2O3/c1-4-10-21-14-20(16-23(29-6-3)24(21)30-13-5-2)15-22(17-26)25(28)27-18-19-11-8-7-9-12-19/h2,4,7-9,11-12,14-16H,1,6,10,13,18H2,3H3,(H,27,28)/b22-15+. The molecule has 0 saturated heterocycles. The first-order valence-electron chi connectivity index (χ1n) is 9.53. The molecule has 30 heavy (non-hydrogen) atoms. The highest BCUT2D eigenvalue weighted by Crippen LogP contribution is 2.34. The van der Waals surface area contributed by atoms with Gasteiger partial charge in [-0.25, -0.2) is 0 Å². The topological polar surface area (TPSA) is 71.3 Å². The van der Waals surface area contributed by atoms with Crippen LogP contribution >= 0.6 is 0 Å². The number of carbonyl (C=O) groups excluding carboxylic acids is 1. The number of nitrogens with zero attached hydrogens (tertiary/aromatic N) is 1. The van der Waals surface area contributed by atoms with E-state index in [0.717, 1.165) is 11.1 Å². The average Bonchev–Trinajstić information content (AvgIpc) is 2.76. The van der Waals surface area contributed by atoms with Gasteiger partial charge in [0.05, 0.1) is 6.61 Å². The number of nitriles is 1. The third-order valence-electron chi connectivity index (χ3n) is 4.09. The van der Waals surface area contributed by atoms with Gasteiger partial charge >= 0.3 is 0 Å². The molecular weight excluding hydrogens is 376 g/mol. The Morgan fingerprint density at radius 3 is 2.67 bits per heavy atom. The fourth-order valence-electron chi connectivity index (χ4n) is 2.80. The molecule has 0 aromatic heterocycles. The lowest BCUT2D eigenvalue weighted by molar-refractivity contribution is -0.117. The first kappa shape index (κ1) is 22.3. The zero-order valence-electron chi connectivity index (χ0n) is 17.0. The molecule has 0 spiro atoms. The average molecular weight is 400 g/mol. The number of benzene rings is 2. The number of terminal acetylenes is 1. The van der Waals surface area contributed by atoms with Crippen molar-refractivity contribution < 1.29 is 14.3 Å². The normalized spacial score (nSPS) is 10.4. The number of carbonyl (C=O) groups is 1. The minimum absolute atomic E-state index is 0.00442. The highest BCUT2D eigenvalue weighted by Gasteiger charge is 2.15. The SMILES string of the molecule is C#CCOc1c(CC=C)cc(/C=C(\C#N)C(=O)NCc2ccccc2)cc1OCC. The molecular formula is C25H24N2O3. The summed E-state index contributed by atoms with van der Waals surface area (Å²) in [6.07, 6.45) is 9.10. The maximum absolute atomic E-state index is 12.5. The predicted octanol–water partition coefficient (Wildman–Crippen LogP) is 4.05. The number of hydrogen-bond donors (Lipinski definition) is 1. The van der Waals surface area contributed by atoms with Crippen LogP contribution in [0.25, 0.3) is 6.08 Å². The summed E-state index contributed by atoms with van der Waals surface area (Å²) in [5.74, 6) is 3.04. The molecule has 0 aliphatic carbocycles. The predicted molar refractivity (Wildman–Crippen MR) is 118 cm³/mol. The highest BCUT2D eigenvalue weighted by atomic mass is 16.5. The van der Waals surface area contributed by atoms with Gasteiger partial charge in [0.1, 0.15) is 18.2 Å². The van der Waals surface area contributed by atoms with Gasteiger partial charge in [-0.3, -0.25) is 4.79 Å². The Labute approximate surface area is 177 Å². The Morgan fingerprint density at radius 2 is 2.03 bits per heavy atom. The first-order valence-corrected chi connectivity index (χ1v) is 9.53. The molecule has 1 amide bonds. The maximum atomic E-state index is 12.5. The van der Waals surface area contributed by atoms with E-state index >= 15 is 0 Å². The minimum Gasteiger partial charge on any atom is -0.490 e. The summed E-state index contributed by atoms with van der Waals surface area (Å²) in [6, 6.07) is 15.0. The summed E-state index contributed by atoms with van der Waals surface area (Å²) in [5, 5.41) is 12.3. The fraction of sp³-hybridized carbons (Fsp3) is 0.200. The second kappa shape index (κ2) is 11.8. The van der Waals surface area contributed by atoms with E-state index < -0.39 is 5.91 Å². The van der Waals surface area contributed by atoms with Gasteiger partial charge in [-0.05, 0) is 42.7 Å². The third kappa shape index (κ3) is 6.29. The second-order valence-electron chi connectivity index (χ2n) is 6.26. The van der Waals surface area contributed by atoms with Gasteiger partial charge in [0, 0.05) is 12.1 Å². The van der Waals surface area contributed by atoms with Crippen LogP contribution in [0, 0.1) is 23.7 Å². The molecule has 5 nitrogen and oxygen atoms in total. The van der Waals surface area contributed by atoms with Crippen LogP contribution < -0.4 is 14.8 Å². The third-order valence-corrected chi connectivity index (χ3v) is 4.09. The van der Waals surface area contributed by atoms with Crippen LogP contribution in [0.5, 0.6) is 11.5 Å². The number of hydrogen-bond acceptors (Lipinski definition) is 4. The summed E-state index contributed by atoms with van der Waals surface area (Å²) >= 11 is 0. The Bertz CT molecular complexity index is 996. The Balaban J connectivity index is 2.33. The molecule has 0 atom stereocenters. The Hall–Kier alpha value is -3.96. The molecule has 1 N–H and O–H groups in total. The van der Waals surface area contributed by atoms with Crippen molar-refractivity contribution >= 4 is 12.0 Å². The van der Waals surface area contributed by atoms with Crippen molar-refractivity contribution in [2.24, 2.45) is 0 Å². The van der Waals surface area contributed by atoms with Crippen molar-refractivity contribution in [1.82, 2.24) is 5.32 Å². The molecule has 0 aliphatic heterocycles. The zero-order valence-corrected chi connectivity index (χ0v) is 17.0. The van der Waals surface area contributed by atoms with Crippen LogP contribution in [0.1, 0.15) is 23.6 Å². The van der Waals surface area contributed by atoms with Gasteiger partial charge in [0.2, 0.25) is 0 Å². The molecule has 0 aliphatic rings. The van der Waals surface area contributed by atoms with E-state index in [4.69, 9.17) is 15.9 Å². The van der Waals surface area contributed by atoms with E-state index in [-0.39, 0.29) is 12.2 Å². The van der Waals surface area contributed by atoms with Gasteiger partial charge in [0.25, 0.3) is 5.91 Å². The lowest BCUT2D eigenvalue weighted by atomic mass is 10.0. The van der Waals surface area contributed by atoms with Crippen LogP contribution in [0.2, 0.25) is 0 Å². The molecule has 0 saturated carbocycles. The summed E-state index contributed by atoms with van der Waals surface area (Å²) in [5.41, 5.74) is 2.40. The van der Waals surface area contributed by atoms with Crippen LogP contribution in [0.4, 0.5) is 0 Å². The van der Waals surface area contributed by atoms with Crippen molar-refractivity contribution in [2.45, 2.75) is 19.9 Å². The van der Waals surface area contributed by atoms with E-state index in [1.54, 1.807) is 12.1 Å². The minimum atomic E-state index is -0.447. The smallest absolute Gasteiger partial charge is 0.262 e. The molecule has 0 unspecified atom stereocenters. The maximum Gasteiger partial charge on any atom is 0.262 e. The monoisotopic (exact) mass is 400 g/mol. The van der Waals surface area contributed by atoms with E-state index in [1.807, 2.05) is 49.4 Å². The van der Waals surface area contributed by atoms with Crippen molar-refractivity contribution in [3.05, 3.63) is 77.4 Å². The molecule has 0 bridgehead atoms. The molecule has 2 aromatic carbocycles. The summed E-state index contributed by atoms with van der Waals surface area (Å²) in [7, 11) is 0. The van der Waals surface area contributed by atoms with E-state index in [2.05, 4.69) is 17.8 Å². The van der Waals surface area contributed by atoms with Gasteiger partial charge in [-0.2, -0.15) is 5.26 Å². The number of amides is 1. The molecule has 0 fully saturated rings. The number of rotatable bonds is 10. The lowest BCUT2D eigenvalue weighted by Crippen LogP contribution is -2.23. The number of nitrogens with one attached hydrogen (secondary N) is 1. The molecule has 0 heterocycles. The van der Waals surface area contributed by atoms with Crippen LogP contribution in [-0.4, -0.2) is 19.1 Å². The highest BCUT2D eigenvalue weighted by molar-refractivity contribution is 6.01. The van der Waals surface area contributed by atoms with Gasteiger partial charge in [-0.1, -0.05) is 42.3 Å². The lowest BCUT2D eigenvalue weighted by Gasteiger charge is -2.15. The van der Waals surface area contributed by atoms with E-state index in [9.17, 15) is 10.1 Å². The van der Waals surface area contributed by atoms with Gasteiger partial charge in [-0.15, -0.1) is 13.0 Å². The molecule has 2 rings (SSSR count). The van der Waals surface area contributed by atoms with Crippen molar-refractivity contribution in [1.29, 1.82) is 5.26 Å². The molecule has 0 radical (unpaired) electrons. The first-order chi connectivity index (χ1) is 14.6. The summed E-state index contributed by atoms with van der Waals surface area (Å²) in [4.78, 5) is 12.5. The largest absolute Gasteiger partial charge is 0.490 e. The quantitative estimate of drug-likeness (QED) is 0.283. The number of allylic oxidation sites excluding steroid dienone is 1. The van der Waals surface area contributed by atoms with Crippen molar-refractivity contribution in [3.8, 4) is 29.9 Å². The molecule has 152 valence electrons. The summed E-state index contributed by atoms with van der Waals surface area (Å²) < 4.78 is 11.4. The second-order valence-corrected chi connectivity index (χ2v) is 6.26. The van der Waals surface area contributed by atoms with Crippen molar-refractivity contribution in [2.75, 3.05) is 13.2 Å². The Kier molecular flexibility index (Phi) is 8.77. The zero-order chi connectivity index (χ0) is 21.8. The van der Waals surface area contributed by atoms with Crippen LogP contribution in [-0.2, 0) is 17.8 Å². The molecule has 5 heteroatoms.